The third-order valence-corrected chi connectivity index (χ3v) is 5.06. The number of nitrogens with one attached hydrogen (secondary N) is 1. The molecule has 2 atom stereocenters. The molecule has 1 saturated heterocycles. The number of amides is 2. The Morgan fingerprint density at radius 3 is 2.71 bits per heavy atom. The first-order valence-electron chi connectivity index (χ1n) is 7.97. The molecule has 3 rings (SSSR count). The second-order valence-electron chi connectivity index (χ2n) is 5.89. The Morgan fingerprint density at radius 1 is 1.29 bits per heavy atom. The van der Waals surface area contributed by atoms with Crippen molar-refractivity contribution in [1.82, 2.24) is 10.2 Å². The van der Waals surface area contributed by atoms with Crippen LogP contribution in [0.3, 0.4) is 0 Å². The molecule has 1 fully saturated rings. The lowest BCUT2D eigenvalue weighted by atomic mass is 10.1. The molecule has 0 radical (unpaired) electrons. The molecular formula is C18H20N2O3S. The lowest BCUT2D eigenvalue weighted by molar-refractivity contribution is -0.136. The van der Waals surface area contributed by atoms with Gasteiger partial charge in [-0.3, -0.25) is 9.59 Å². The van der Waals surface area contributed by atoms with Gasteiger partial charge in [-0.2, -0.15) is 0 Å². The number of nitrogens with zero attached hydrogens (tertiary/aromatic N) is 1. The molecule has 1 aromatic heterocycles. The van der Waals surface area contributed by atoms with Crippen molar-refractivity contribution in [2.24, 2.45) is 0 Å². The summed E-state index contributed by atoms with van der Waals surface area (Å²) in [7, 11) is 0. The molecule has 0 bridgehead atoms. The Hall–Kier alpha value is -2.18. The van der Waals surface area contributed by atoms with Crippen molar-refractivity contribution in [1.29, 1.82) is 0 Å². The van der Waals surface area contributed by atoms with Crippen LogP contribution < -0.4 is 5.32 Å². The zero-order valence-corrected chi connectivity index (χ0v) is 14.0. The third-order valence-electron chi connectivity index (χ3n) is 4.09. The van der Waals surface area contributed by atoms with Gasteiger partial charge in [0, 0.05) is 17.8 Å². The zero-order chi connectivity index (χ0) is 16.9. The first-order valence-corrected chi connectivity index (χ1v) is 8.85. The van der Waals surface area contributed by atoms with Gasteiger partial charge in [0.2, 0.25) is 11.8 Å². The highest BCUT2D eigenvalue weighted by Crippen LogP contribution is 2.22. The van der Waals surface area contributed by atoms with Gasteiger partial charge in [0.1, 0.15) is 12.1 Å². The van der Waals surface area contributed by atoms with Gasteiger partial charge < -0.3 is 15.3 Å². The lowest BCUT2D eigenvalue weighted by Crippen LogP contribution is -2.45. The number of thiophene rings is 1. The minimum absolute atomic E-state index is 0.0909. The molecular weight excluding hydrogens is 324 g/mol. The highest BCUT2D eigenvalue weighted by Gasteiger charge is 2.31. The van der Waals surface area contributed by atoms with Crippen molar-refractivity contribution in [3.05, 3.63) is 58.3 Å². The Kier molecular flexibility index (Phi) is 5.27. The van der Waals surface area contributed by atoms with Crippen LogP contribution in [0.4, 0.5) is 0 Å². The average molecular weight is 344 g/mol. The molecule has 1 aliphatic rings. The summed E-state index contributed by atoms with van der Waals surface area (Å²) in [5.41, 5.74) is 0.994. The highest BCUT2D eigenvalue weighted by atomic mass is 32.1. The van der Waals surface area contributed by atoms with E-state index in [4.69, 9.17) is 0 Å². The van der Waals surface area contributed by atoms with Crippen LogP contribution in [0.2, 0.25) is 0 Å². The van der Waals surface area contributed by atoms with Crippen molar-refractivity contribution in [2.75, 3.05) is 6.54 Å². The number of benzene rings is 1. The van der Waals surface area contributed by atoms with Crippen molar-refractivity contribution >= 4 is 23.2 Å². The van der Waals surface area contributed by atoms with Gasteiger partial charge >= 0.3 is 0 Å². The molecule has 0 saturated carbocycles. The van der Waals surface area contributed by atoms with E-state index in [1.165, 1.54) is 11.3 Å². The average Bonchev–Trinajstić information content (AvgIpc) is 3.26. The van der Waals surface area contributed by atoms with Crippen LogP contribution >= 0.6 is 11.3 Å². The van der Waals surface area contributed by atoms with E-state index in [1.54, 1.807) is 4.90 Å². The van der Waals surface area contributed by atoms with Crippen LogP contribution in [-0.4, -0.2) is 34.4 Å². The Labute approximate surface area is 144 Å². The van der Waals surface area contributed by atoms with Crippen LogP contribution in [-0.2, 0) is 16.1 Å². The maximum absolute atomic E-state index is 12.8. The summed E-state index contributed by atoms with van der Waals surface area (Å²) < 4.78 is 0. The van der Waals surface area contributed by atoms with Gasteiger partial charge in [0.15, 0.2) is 0 Å². The SMILES string of the molecule is O=C1CC[C@H](C(=O)N(Cc2ccccc2)C[C@H](O)c2cccs2)N1. The van der Waals surface area contributed by atoms with E-state index in [9.17, 15) is 14.7 Å². The van der Waals surface area contributed by atoms with Gasteiger partial charge in [-0.25, -0.2) is 0 Å². The van der Waals surface area contributed by atoms with Crippen molar-refractivity contribution in [3.8, 4) is 0 Å². The molecule has 2 aromatic rings. The smallest absolute Gasteiger partial charge is 0.245 e. The second kappa shape index (κ2) is 7.59. The quantitative estimate of drug-likeness (QED) is 0.843. The first-order chi connectivity index (χ1) is 11.6. The molecule has 1 aliphatic heterocycles. The van der Waals surface area contributed by atoms with E-state index >= 15 is 0 Å². The first kappa shape index (κ1) is 16.7. The van der Waals surface area contributed by atoms with Gasteiger partial charge in [-0.05, 0) is 23.4 Å². The molecule has 1 aromatic carbocycles. The minimum Gasteiger partial charge on any atom is -0.386 e. The van der Waals surface area contributed by atoms with Crippen LogP contribution in [0.25, 0.3) is 0 Å². The number of carbonyl (C=O) groups excluding carboxylic acids is 2. The summed E-state index contributed by atoms with van der Waals surface area (Å²) >= 11 is 1.47. The fraction of sp³-hybridized carbons (Fsp3) is 0.333. The summed E-state index contributed by atoms with van der Waals surface area (Å²) in [6.45, 7) is 0.620. The molecule has 5 nitrogen and oxygen atoms in total. The summed E-state index contributed by atoms with van der Waals surface area (Å²) in [6, 6.07) is 12.9. The molecule has 2 N–H and O–H groups in total. The predicted octanol–water partition coefficient (Wildman–Crippen LogP) is 2.09. The minimum atomic E-state index is -0.727. The summed E-state index contributed by atoms with van der Waals surface area (Å²) in [4.78, 5) is 26.7. The standard InChI is InChI=1S/C18H20N2O3S/c21-15(16-7-4-10-24-16)12-20(11-13-5-2-1-3-6-13)18(23)14-8-9-17(22)19-14/h1-7,10,14-15,21H,8-9,11-12H2,(H,19,22)/t14-,15+/m1/s1. The maximum Gasteiger partial charge on any atom is 0.245 e. The van der Waals surface area contributed by atoms with Gasteiger partial charge in [0.25, 0.3) is 0 Å². The third kappa shape index (κ3) is 4.01. The Morgan fingerprint density at radius 2 is 2.08 bits per heavy atom. The highest BCUT2D eigenvalue weighted by molar-refractivity contribution is 7.10. The van der Waals surface area contributed by atoms with Crippen molar-refractivity contribution in [2.45, 2.75) is 31.5 Å². The zero-order valence-electron chi connectivity index (χ0n) is 13.2. The van der Waals surface area contributed by atoms with E-state index in [-0.39, 0.29) is 18.4 Å². The molecule has 126 valence electrons. The van der Waals surface area contributed by atoms with Gasteiger partial charge in [-0.1, -0.05) is 36.4 Å². The largest absolute Gasteiger partial charge is 0.386 e. The fourth-order valence-corrected chi connectivity index (χ4v) is 3.54. The topological polar surface area (TPSA) is 69.6 Å². The Bertz CT molecular complexity index is 688. The van der Waals surface area contributed by atoms with E-state index in [0.29, 0.717) is 19.4 Å². The summed E-state index contributed by atoms with van der Waals surface area (Å²) in [5.74, 6) is -0.230. The Balaban J connectivity index is 1.75. The number of rotatable bonds is 6. The number of aliphatic hydroxyl groups excluding tert-OH is 1. The van der Waals surface area contributed by atoms with E-state index in [2.05, 4.69) is 5.32 Å². The van der Waals surface area contributed by atoms with Crippen molar-refractivity contribution in [3.63, 3.8) is 0 Å². The van der Waals surface area contributed by atoms with Crippen LogP contribution in [0.5, 0.6) is 0 Å². The van der Waals surface area contributed by atoms with Gasteiger partial charge in [-0.15, -0.1) is 11.3 Å². The summed E-state index contributed by atoms with van der Waals surface area (Å²) in [5, 5.41) is 15.1. The van der Waals surface area contributed by atoms with E-state index < -0.39 is 12.1 Å². The van der Waals surface area contributed by atoms with E-state index in [1.807, 2.05) is 47.8 Å². The van der Waals surface area contributed by atoms with Gasteiger partial charge in [0.05, 0.1) is 6.54 Å². The fourth-order valence-electron chi connectivity index (χ4n) is 2.84. The molecule has 6 heteroatoms. The predicted molar refractivity (Wildman–Crippen MR) is 92.3 cm³/mol. The molecule has 2 heterocycles. The van der Waals surface area contributed by atoms with E-state index in [0.717, 1.165) is 10.4 Å². The number of aliphatic hydroxyl groups is 1. The number of carbonyl (C=O) groups is 2. The van der Waals surface area contributed by atoms with Crippen LogP contribution in [0, 0.1) is 0 Å². The monoisotopic (exact) mass is 344 g/mol. The van der Waals surface area contributed by atoms with Crippen molar-refractivity contribution < 1.29 is 14.7 Å². The normalized spacial score (nSPS) is 18.2. The lowest BCUT2D eigenvalue weighted by Gasteiger charge is -2.27. The number of hydrogen-bond donors (Lipinski definition) is 2. The number of hydrogen-bond acceptors (Lipinski definition) is 4. The molecule has 2 amide bonds. The summed E-state index contributed by atoms with van der Waals surface area (Å²) in [6.07, 6.45) is 0.163. The van der Waals surface area contributed by atoms with Crippen LogP contribution in [0.1, 0.15) is 29.4 Å². The van der Waals surface area contributed by atoms with Crippen LogP contribution in [0.15, 0.2) is 47.8 Å². The molecule has 0 aliphatic carbocycles. The molecule has 0 spiro atoms. The maximum atomic E-state index is 12.8. The molecule has 24 heavy (non-hydrogen) atoms. The second-order valence-corrected chi connectivity index (χ2v) is 6.87. The molecule has 0 unspecified atom stereocenters.